The molecule has 17 heavy (non-hydrogen) atoms. The first-order valence-electron chi connectivity index (χ1n) is 5.58. The summed E-state index contributed by atoms with van der Waals surface area (Å²) in [5.41, 5.74) is 6.32. The van der Waals surface area contributed by atoms with Crippen molar-refractivity contribution in [1.29, 1.82) is 0 Å². The third kappa shape index (κ3) is 5.33. The quantitative estimate of drug-likeness (QED) is 0.476. The molecule has 0 aliphatic heterocycles. The van der Waals surface area contributed by atoms with Crippen LogP contribution in [0.1, 0.15) is 19.8 Å². The molecule has 1 amide bonds. The maximum Gasteiger partial charge on any atom is 0.230 e. The summed E-state index contributed by atoms with van der Waals surface area (Å²) in [7, 11) is 0. The summed E-state index contributed by atoms with van der Waals surface area (Å²) >= 11 is 7.40. The van der Waals surface area contributed by atoms with Crippen molar-refractivity contribution in [1.82, 2.24) is 5.32 Å². The van der Waals surface area contributed by atoms with E-state index in [-0.39, 0.29) is 5.91 Å². The number of nitrogen functional groups attached to an aromatic ring is 1. The monoisotopic (exact) mass is 272 g/mol. The minimum atomic E-state index is 0.0296. The molecule has 0 atom stereocenters. The average Bonchev–Trinajstić information content (AvgIpc) is 2.31. The Bertz CT molecular complexity index is 385. The van der Waals surface area contributed by atoms with E-state index in [1.54, 1.807) is 18.2 Å². The molecule has 1 aromatic carbocycles. The fraction of sp³-hybridized carbons (Fsp3) is 0.417. The van der Waals surface area contributed by atoms with Gasteiger partial charge in [-0.2, -0.15) is 0 Å². The van der Waals surface area contributed by atoms with Crippen LogP contribution in [0.25, 0.3) is 0 Å². The van der Waals surface area contributed by atoms with Crippen molar-refractivity contribution >= 4 is 35.0 Å². The van der Waals surface area contributed by atoms with Gasteiger partial charge in [0.05, 0.1) is 10.8 Å². The van der Waals surface area contributed by atoms with Crippen molar-refractivity contribution in [2.75, 3.05) is 18.0 Å². The van der Waals surface area contributed by atoms with Crippen LogP contribution in [0.3, 0.4) is 0 Å². The Morgan fingerprint density at radius 1 is 1.53 bits per heavy atom. The Hall–Kier alpha value is -0.870. The summed E-state index contributed by atoms with van der Waals surface area (Å²) in [4.78, 5) is 12.3. The molecule has 0 aromatic heterocycles. The zero-order valence-electron chi connectivity index (χ0n) is 9.83. The Labute approximate surface area is 111 Å². The lowest BCUT2D eigenvalue weighted by atomic mass is 10.3. The highest BCUT2D eigenvalue weighted by atomic mass is 35.5. The summed E-state index contributed by atoms with van der Waals surface area (Å²) in [6, 6.07) is 5.27. The van der Waals surface area contributed by atoms with E-state index in [0.717, 1.165) is 24.3 Å². The van der Waals surface area contributed by atoms with Gasteiger partial charge in [0.2, 0.25) is 5.91 Å². The zero-order valence-corrected chi connectivity index (χ0v) is 11.4. The molecule has 0 fully saturated rings. The molecule has 0 aliphatic carbocycles. The van der Waals surface area contributed by atoms with Crippen LogP contribution in [0.2, 0.25) is 5.02 Å². The molecule has 0 saturated heterocycles. The van der Waals surface area contributed by atoms with Gasteiger partial charge in [0, 0.05) is 17.1 Å². The molecule has 5 heteroatoms. The van der Waals surface area contributed by atoms with E-state index in [1.807, 2.05) is 0 Å². The van der Waals surface area contributed by atoms with E-state index in [2.05, 4.69) is 12.2 Å². The largest absolute Gasteiger partial charge is 0.399 e. The SMILES string of the molecule is CCCCNC(=O)CSc1cc(N)ccc1Cl. The summed E-state index contributed by atoms with van der Waals surface area (Å²) in [6.07, 6.45) is 2.09. The second kappa shape index (κ2) is 7.45. The lowest BCUT2D eigenvalue weighted by Gasteiger charge is -2.06. The summed E-state index contributed by atoms with van der Waals surface area (Å²) < 4.78 is 0. The van der Waals surface area contributed by atoms with Gasteiger partial charge >= 0.3 is 0 Å². The first kappa shape index (κ1) is 14.2. The predicted molar refractivity (Wildman–Crippen MR) is 74.5 cm³/mol. The van der Waals surface area contributed by atoms with Crippen LogP contribution in [-0.4, -0.2) is 18.2 Å². The molecule has 3 N–H and O–H groups in total. The Kier molecular flexibility index (Phi) is 6.22. The Balaban J connectivity index is 2.39. The summed E-state index contributed by atoms with van der Waals surface area (Å²) in [5.74, 6) is 0.398. The molecule has 1 aromatic rings. The topological polar surface area (TPSA) is 55.1 Å². The van der Waals surface area contributed by atoms with E-state index in [0.29, 0.717) is 16.5 Å². The second-order valence-electron chi connectivity index (χ2n) is 3.68. The fourth-order valence-electron chi connectivity index (χ4n) is 1.23. The number of carbonyl (C=O) groups is 1. The molecule has 0 radical (unpaired) electrons. The number of rotatable bonds is 6. The lowest BCUT2D eigenvalue weighted by molar-refractivity contribution is -0.118. The van der Waals surface area contributed by atoms with Crippen molar-refractivity contribution in [3.8, 4) is 0 Å². The first-order chi connectivity index (χ1) is 8.13. The van der Waals surface area contributed by atoms with Crippen LogP contribution < -0.4 is 11.1 Å². The average molecular weight is 273 g/mol. The van der Waals surface area contributed by atoms with Gasteiger partial charge in [0.15, 0.2) is 0 Å². The molecular formula is C12H17ClN2OS. The van der Waals surface area contributed by atoms with E-state index in [1.165, 1.54) is 11.8 Å². The van der Waals surface area contributed by atoms with Crippen molar-refractivity contribution in [2.45, 2.75) is 24.7 Å². The van der Waals surface area contributed by atoms with Crippen LogP contribution in [0.4, 0.5) is 5.69 Å². The third-order valence-electron chi connectivity index (χ3n) is 2.17. The number of halogens is 1. The number of carbonyl (C=O) groups excluding carboxylic acids is 1. The second-order valence-corrected chi connectivity index (χ2v) is 5.11. The highest BCUT2D eigenvalue weighted by molar-refractivity contribution is 8.00. The standard InChI is InChI=1S/C12H17ClN2OS/c1-2-3-6-15-12(16)8-17-11-7-9(14)4-5-10(11)13/h4-5,7H,2-3,6,8,14H2,1H3,(H,15,16). The number of hydrogen-bond donors (Lipinski definition) is 2. The van der Waals surface area contributed by atoms with Gasteiger partial charge < -0.3 is 11.1 Å². The fourth-order valence-corrected chi connectivity index (χ4v) is 2.32. The van der Waals surface area contributed by atoms with E-state index < -0.39 is 0 Å². The third-order valence-corrected chi connectivity index (χ3v) is 3.66. The van der Waals surface area contributed by atoms with Gasteiger partial charge in [-0.3, -0.25) is 4.79 Å². The molecule has 3 nitrogen and oxygen atoms in total. The minimum Gasteiger partial charge on any atom is -0.399 e. The predicted octanol–water partition coefficient (Wildman–Crippen LogP) is 2.93. The van der Waals surface area contributed by atoms with Gasteiger partial charge in [-0.15, -0.1) is 11.8 Å². The van der Waals surface area contributed by atoms with Crippen LogP contribution >= 0.6 is 23.4 Å². The number of thioether (sulfide) groups is 1. The van der Waals surface area contributed by atoms with Crippen LogP contribution in [0.15, 0.2) is 23.1 Å². The lowest BCUT2D eigenvalue weighted by Crippen LogP contribution is -2.25. The van der Waals surface area contributed by atoms with Gasteiger partial charge in [0.25, 0.3) is 0 Å². The van der Waals surface area contributed by atoms with Crippen molar-refractivity contribution in [3.05, 3.63) is 23.2 Å². The molecule has 0 saturated carbocycles. The Morgan fingerprint density at radius 2 is 2.29 bits per heavy atom. The van der Waals surface area contributed by atoms with Crippen molar-refractivity contribution in [2.24, 2.45) is 0 Å². The number of nitrogens with two attached hydrogens (primary N) is 1. The number of anilines is 1. The molecule has 0 unspecified atom stereocenters. The number of nitrogens with one attached hydrogen (secondary N) is 1. The highest BCUT2D eigenvalue weighted by Gasteiger charge is 2.05. The molecular weight excluding hydrogens is 256 g/mol. The molecule has 0 heterocycles. The molecule has 0 bridgehead atoms. The van der Waals surface area contributed by atoms with Crippen LogP contribution in [0, 0.1) is 0 Å². The van der Waals surface area contributed by atoms with Gasteiger partial charge in [-0.1, -0.05) is 24.9 Å². The van der Waals surface area contributed by atoms with E-state index in [9.17, 15) is 4.79 Å². The maximum absolute atomic E-state index is 11.5. The Morgan fingerprint density at radius 3 is 3.00 bits per heavy atom. The number of hydrogen-bond acceptors (Lipinski definition) is 3. The van der Waals surface area contributed by atoms with Gasteiger partial charge in [0.1, 0.15) is 0 Å². The van der Waals surface area contributed by atoms with E-state index >= 15 is 0 Å². The molecule has 94 valence electrons. The minimum absolute atomic E-state index is 0.0296. The molecule has 0 aliphatic rings. The van der Waals surface area contributed by atoms with Crippen molar-refractivity contribution < 1.29 is 4.79 Å². The number of benzene rings is 1. The summed E-state index contributed by atoms with van der Waals surface area (Å²) in [5, 5.41) is 3.48. The molecule has 1 rings (SSSR count). The van der Waals surface area contributed by atoms with Crippen LogP contribution in [-0.2, 0) is 4.79 Å². The normalized spacial score (nSPS) is 10.2. The highest BCUT2D eigenvalue weighted by Crippen LogP contribution is 2.28. The van der Waals surface area contributed by atoms with Gasteiger partial charge in [-0.25, -0.2) is 0 Å². The summed E-state index contributed by atoms with van der Waals surface area (Å²) in [6.45, 7) is 2.83. The number of amides is 1. The first-order valence-corrected chi connectivity index (χ1v) is 6.94. The smallest absolute Gasteiger partial charge is 0.230 e. The van der Waals surface area contributed by atoms with E-state index in [4.69, 9.17) is 17.3 Å². The van der Waals surface area contributed by atoms with Crippen LogP contribution in [0.5, 0.6) is 0 Å². The number of unbranched alkanes of at least 4 members (excludes halogenated alkanes) is 1. The zero-order chi connectivity index (χ0) is 12.7. The maximum atomic E-state index is 11.5. The van der Waals surface area contributed by atoms with Gasteiger partial charge in [-0.05, 0) is 24.6 Å². The molecule has 0 spiro atoms. The van der Waals surface area contributed by atoms with Crippen molar-refractivity contribution in [3.63, 3.8) is 0 Å².